The van der Waals surface area contributed by atoms with E-state index in [9.17, 15) is 9.59 Å². The molecule has 2 N–H and O–H groups in total. The number of amides is 2. The topological polar surface area (TPSA) is 76.7 Å². The highest BCUT2D eigenvalue weighted by Crippen LogP contribution is 2.28. The molecular formula is C20H21ClN2O4. The molecule has 27 heavy (non-hydrogen) atoms. The first-order chi connectivity index (χ1) is 12.8. The Morgan fingerprint density at radius 3 is 2.41 bits per heavy atom. The third kappa shape index (κ3) is 5.24. The van der Waals surface area contributed by atoms with Crippen LogP contribution in [0.2, 0.25) is 5.02 Å². The predicted octanol–water partition coefficient (Wildman–Crippen LogP) is 3.78. The Balaban J connectivity index is 2.36. The van der Waals surface area contributed by atoms with E-state index >= 15 is 0 Å². The highest BCUT2D eigenvalue weighted by molar-refractivity contribution is 6.31. The number of benzene rings is 2. The molecule has 2 aromatic rings. The second-order valence-corrected chi connectivity index (χ2v) is 6.13. The largest absolute Gasteiger partial charge is 0.493 e. The van der Waals surface area contributed by atoms with Crippen LogP contribution in [0.3, 0.4) is 0 Å². The van der Waals surface area contributed by atoms with E-state index in [2.05, 4.69) is 10.6 Å². The number of ether oxygens (including phenoxy) is 2. The molecular weight excluding hydrogens is 368 g/mol. The van der Waals surface area contributed by atoms with Gasteiger partial charge in [-0.3, -0.25) is 9.59 Å². The number of carbonyl (C=O) groups excluding carboxylic acids is 2. The van der Waals surface area contributed by atoms with Gasteiger partial charge < -0.3 is 20.1 Å². The number of hydrogen-bond acceptors (Lipinski definition) is 4. The summed E-state index contributed by atoms with van der Waals surface area (Å²) in [4.78, 5) is 24.2. The van der Waals surface area contributed by atoms with Crippen LogP contribution >= 0.6 is 11.6 Å². The van der Waals surface area contributed by atoms with E-state index in [0.717, 1.165) is 5.56 Å². The predicted molar refractivity (Wildman–Crippen MR) is 106 cm³/mol. The lowest BCUT2D eigenvalue weighted by atomic mass is 10.1. The van der Waals surface area contributed by atoms with Crippen molar-refractivity contribution in [2.24, 2.45) is 0 Å². The van der Waals surface area contributed by atoms with Crippen molar-refractivity contribution in [3.8, 4) is 11.5 Å². The summed E-state index contributed by atoms with van der Waals surface area (Å²) in [5.74, 6) is 0.249. The Morgan fingerprint density at radius 2 is 1.78 bits per heavy atom. The smallest absolute Gasteiger partial charge is 0.272 e. The van der Waals surface area contributed by atoms with E-state index in [-0.39, 0.29) is 11.6 Å². The lowest BCUT2D eigenvalue weighted by Gasteiger charge is -2.13. The Hall–Kier alpha value is -2.99. The number of anilines is 1. The maximum atomic E-state index is 12.7. The summed E-state index contributed by atoms with van der Waals surface area (Å²) >= 11 is 6.09. The molecule has 0 unspecified atom stereocenters. The maximum Gasteiger partial charge on any atom is 0.272 e. The molecule has 0 aliphatic heterocycles. The van der Waals surface area contributed by atoms with Gasteiger partial charge in [0.25, 0.3) is 5.91 Å². The summed E-state index contributed by atoms with van der Waals surface area (Å²) in [6.07, 6.45) is 1.55. The molecule has 0 aliphatic carbocycles. The molecule has 0 radical (unpaired) electrons. The van der Waals surface area contributed by atoms with Crippen LogP contribution in [-0.2, 0) is 9.59 Å². The fraction of sp³-hybridized carbons (Fsp3) is 0.200. The van der Waals surface area contributed by atoms with Crippen LogP contribution in [0.25, 0.3) is 6.08 Å². The Labute approximate surface area is 163 Å². The van der Waals surface area contributed by atoms with E-state index in [0.29, 0.717) is 27.8 Å². The second-order valence-electron chi connectivity index (χ2n) is 5.72. The summed E-state index contributed by atoms with van der Waals surface area (Å²) < 4.78 is 10.5. The van der Waals surface area contributed by atoms with Gasteiger partial charge in [0, 0.05) is 17.6 Å². The molecule has 2 amide bonds. The van der Waals surface area contributed by atoms with Crippen LogP contribution in [0.5, 0.6) is 11.5 Å². The van der Waals surface area contributed by atoms with Crippen LogP contribution in [0, 0.1) is 6.92 Å². The van der Waals surface area contributed by atoms with Gasteiger partial charge >= 0.3 is 0 Å². The Bertz CT molecular complexity index is 894. The summed E-state index contributed by atoms with van der Waals surface area (Å²) in [6.45, 7) is 3.13. The van der Waals surface area contributed by atoms with E-state index in [4.69, 9.17) is 21.1 Å². The molecule has 0 spiro atoms. The number of hydrogen-bond donors (Lipinski definition) is 2. The summed E-state index contributed by atoms with van der Waals surface area (Å²) in [7, 11) is 3.06. The summed E-state index contributed by atoms with van der Waals surface area (Å²) in [6, 6.07) is 10.4. The first-order valence-electron chi connectivity index (χ1n) is 8.13. The third-order valence-electron chi connectivity index (χ3n) is 3.79. The van der Waals surface area contributed by atoms with Gasteiger partial charge in [0.05, 0.1) is 14.2 Å². The van der Waals surface area contributed by atoms with Gasteiger partial charge in [-0.05, 0) is 48.4 Å². The van der Waals surface area contributed by atoms with Crippen molar-refractivity contribution in [2.45, 2.75) is 13.8 Å². The van der Waals surface area contributed by atoms with Crippen LogP contribution in [-0.4, -0.2) is 26.0 Å². The van der Waals surface area contributed by atoms with E-state index < -0.39 is 5.91 Å². The SMILES string of the molecule is COc1ccc(/C=C(\NC(C)=O)C(=O)Nc2cccc(Cl)c2C)cc1OC. The molecule has 0 bridgehead atoms. The van der Waals surface area contributed by atoms with E-state index in [1.54, 1.807) is 49.4 Å². The van der Waals surface area contributed by atoms with Crippen LogP contribution in [0.15, 0.2) is 42.1 Å². The molecule has 0 fully saturated rings. The number of carbonyl (C=O) groups is 2. The summed E-state index contributed by atoms with van der Waals surface area (Å²) in [5.41, 5.74) is 2.06. The van der Waals surface area contributed by atoms with Crippen molar-refractivity contribution in [3.05, 3.63) is 58.2 Å². The fourth-order valence-electron chi connectivity index (χ4n) is 2.39. The zero-order valence-corrected chi connectivity index (χ0v) is 16.3. The fourth-order valence-corrected chi connectivity index (χ4v) is 2.56. The van der Waals surface area contributed by atoms with Crippen molar-refractivity contribution < 1.29 is 19.1 Å². The molecule has 0 saturated heterocycles. The average Bonchev–Trinajstić information content (AvgIpc) is 2.64. The molecule has 0 aliphatic rings. The van der Waals surface area contributed by atoms with Crippen molar-refractivity contribution in [3.63, 3.8) is 0 Å². The molecule has 2 rings (SSSR count). The molecule has 7 heteroatoms. The lowest BCUT2D eigenvalue weighted by molar-refractivity contribution is -0.120. The average molecular weight is 389 g/mol. The number of halogens is 1. The second kappa shape index (κ2) is 9.09. The molecule has 0 atom stereocenters. The first-order valence-corrected chi connectivity index (χ1v) is 8.51. The van der Waals surface area contributed by atoms with Crippen molar-refractivity contribution >= 4 is 35.2 Å². The van der Waals surface area contributed by atoms with Crippen LogP contribution in [0.1, 0.15) is 18.1 Å². The number of methoxy groups -OCH3 is 2. The minimum atomic E-state index is -0.467. The lowest BCUT2D eigenvalue weighted by Crippen LogP contribution is -2.29. The highest BCUT2D eigenvalue weighted by Gasteiger charge is 2.14. The first kappa shape index (κ1) is 20.3. The minimum Gasteiger partial charge on any atom is -0.493 e. The zero-order valence-electron chi connectivity index (χ0n) is 15.6. The Kier molecular flexibility index (Phi) is 6.85. The van der Waals surface area contributed by atoms with Crippen LogP contribution in [0.4, 0.5) is 5.69 Å². The standard InChI is InChI=1S/C20H21ClN2O4/c1-12-15(21)6-5-7-16(12)23-20(25)17(22-13(2)24)10-14-8-9-18(26-3)19(11-14)27-4/h5-11H,1-4H3,(H,22,24)(H,23,25)/b17-10-. The van der Waals surface area contributed by atoms with E-state index in [1.807, 2.05) is 0 Å². The summed E-state index contributed by atoms with van der Waals surface area (Å²) in [5, 5.41) is 5.86. The Morgan fingerprint density at radius 1 is 1.07 bits per heavy atom. The van der Waals surface area contributed by atoms with Gasteiger partial charge in [-0.25, -0.2) is 0 Å². The van der Waals surface area contributed by atoms with Crippen molar-refractivity contribution in [1.82, 2.24) is 5.32 Å². The van der Waals surface area contributed by atoms with Gasteiger partial charge in [0.1, 0.15) is 5.70 Å². The maximum absolute atomic E-state index is 12.7. The van der Waals surface area contributed by atoms with Crippen molar-refractivity contribution in [1.29, 1.82) is 0 Å². The quantitative estimate of drug-likeness (QED) is 0.738. The molecule has 0 heterocycles. The third-order valence-corrected chi connectivity index (χ3v) is 4.20. The van der Waals surface area contributed by atoms with Gasteiger partial charge in [0.15, 0.2) is 11.5 Å². The number of nitrogens with one attached hydrogen (secondary N) is 2. The normalized spacial score (nSPS) is 10.9. The molecule has 142 valence electrons. The van der Waals surface area contributed by atoms with E-state index in [1.165, 1.54) is 21.1 Å². The zero-order chi connectivity index (χ0) is 20.0. The molecule has 0 aromatic heterocycles. The minimum absolute atomic E-state index is 0.0918. The van der Waals surface area contributed by atoms with Gasteiger partial charge in [-0.1, -0.05) is 23.7 Å². The van der Waals surface area contributed by atoms with Gasteiger partial charge in [0.2, 0.25) is 5.91 Å². The molecule has 6 nitrogen and oxygen atoms in total. The van der Waals surface area contributed by atoms with Crippen molar-refractivity contribution in [2.75, 3.05) is 19.5 Å². The van der Waals surface area contributed by atoms with Gasteiger partial charge in [-0.15, -0.1) is 0 Å². The highest BCUT2D eigenvalue weighted by atomic mass is 35.5. The molecule has 0 saturated carbocycles. The van der Waals surface area contributed by atoms with Crippen LogP contribution < -0.4 is 20.1 Å². The van der Waals surface area contributed by atoms with Gasteiger partial charge in [-0.2, -0.15) is 0 Å². The molecule has 2 aromatic carbocycles. The monoisotopic (exact) mass is 388 g/mol. The number of rotatable bonds is 6.